The largest absolute Gasteiger partial charge is 0.387 e. The molecule has 0 saturated heterocycles. The number of halogens is 2. The number of benzene rings is 1. The summed E-state index contributed by atoms with van der Waals surface area (Å²) >= 11 is 0. The van der Waals surface area contributed by atoms with E-state index in [1.807, 2.05) is 13.8 Å². The van der Waals surface area contributed by atoms with Crippen molar-refractivity contribution in [1.82, 2.24) is 10.5 Å². The van der Waals surface area contributed by atoms with Crippen molar-refractivity contribution in [2.75, 3.05) is 6.54 Å². The van der Waals surface area contributed by atoms with Crippen molar-refractivity contribution in [3.05, 3.63) is 52.4 Å². The summed E-state index contributed by atoms with van der Waals surface area (Å²) in [5.41, 5.74) is 1.61. The Bertz CT molecular complexity index is 609. The van der Waals surface area contributed by atoms with Gasteiger partial charge in [-0.3, -0.25) is 0 Å². The Morgan fingerprint density at radius 2 is 2.05 bits per heavy atom. The molecule has 2 rings (SSSR count). The molecule has 2 N–H and O–H groups in total. The smallest absolute Gasteiger partial charge is 0.138 e. The van der Waals surface area contributed by atoms with E-state index in [0.717, 1.165) is 29.5 Å². The molecule has 0 spiro atoms. The number of rotatable bonds is 5. The molecule has 1 aromatic carbocycles. The highest BCUT2D eigenvalue weighted by Gasteiger charge is 2.19. The maximum atomic E-state index is 13.6. The highest BCUT2D eigenvalue weighted by atomic mass is 19.1. The number of aliphatic hydroxyl groups is 1. The lowest BCUT2D eigenvalue weighted by molar-refractivity contribution is 0.165. The molecular weight excluding hydrogens is 278 g/mol. The van der Waals surface area contributed by atoms with Gasteiger partial charge in [0.1, 0.15) is 17.4 Å². The van der Waals surface area contributed by atoms with Crippen LogP contribution in [0.3, 0.4) is 0 Å². The first-order valence-electron chi connectivity index (χ1n) is 6.69. The Morgan fingerprint density at radius 3 is 2.67 bits per heavy atom. The van der Waals surface area contributed by atoms with Gasteiger partial charge in [0.25, 0.3) is 0 Å². The highest BCUT2D eigenvalue weighted by Crippen LogP contribution is 2.23. The quantitative estimate of drug-likeness (QED) is 0.890. The maximum Gasteiger partial charge on any atom is 0.138 e. The van der Waals surface area contributed by atoms with Gasteiger partial charge in [-0.2, -0.15) is 0 Å². The Morgan fingerprint density at radius 1 is 1.33 bits per heavy atom. The predicted octanol–water partition coefficient (Wildman–Crippen LogP) is 2.95. The van der Waals surface area contributed by atoms with Crippen LogP contribution in [0.1, 0.15) is 41.7 Å². The molecule has 0 amide bonds. The minimum Gasteiger partial charge on any atom is -0.387 e. The lowest BCUT2D eigenvalue weighted by Crippen LogP contribution is -2.25. The molecular formula is C15H18F2N2O2. The molecule has 2 unspecified atom stereocenters. The zero-order chi connectivity index (χ0) is 15.6. The van der Waals surface area contributed by atoms with E-state index < -0.39 is 17.7 Å². The first kappa shape index (κ1) is 15.6. The van der Waals surface area contributed by atoms with Crippen LogP contribution in [0.25, 0.3) is 0 Å². The number of hydrogen-bond acceptors (Lipinski definition) is 4. The Labute approximate surface area is 121 Å². The molecule has 0 saturated carbocycles. The minimum absolute atomic E-state index is 0.0616. The van der Waals surface area contributed by atoms with Crippen LogP contribution in [0.5, 0.6) is 0 Å². The maximum absolute atomic E-state index is 13.6. The number of hydrogen-bond donors (Lipinski definition) is 2. The van der Waals surface area contributed by atoms with Crippen LogP contribution < -0.4 is 5.32 Å². The predicted molar refractivity (Wildman–Crippen MR) is 73.7 cm³/mol. The minimum atomic E-state index is -1.14. The van der Waals surface area contributed by atoms with E-state index >= 15 is 0 Å². The van der Waals surface area contributed by atoms with E-state index in [1.54, 1.807) is 6.92 Å². The molecule has 21 heavy (non-hydrogen) atoms. The first-order chi connectivity index (χ1) is 9.90. The summed E-state index contributed by atoms with van der Waals surface area (Å²) in [5, 5.41) is 16.9. The molecule has 0 aliphatic carbocycles. The van der Waals surface area contributed by atoms with Crippen molar-refractivity contribution in [2.24, 2.45) is 0 Å². The second-order valence-corrected chi connectivity index (χ2v) is 5.05. The van der Waals surface area contributed by atoms with Crippen molar-refractivity contribution in [2.45, 2.75) is 32.9 Å². The molecule has 4 nitrogen and oxygen atoms in total. The lowest BCUT2D eigenvalue weighted by Gasteiger charge is -2.18. The van der Waals surface area contributed by atoms with E-state index in [0.29, 0.717) is 5.76 Å². The SMILES string of the molecule is Cc1noc(C)c1C(C)NCC(O)c1cc(F)ccc1F. The van der Waals surface area contributed by atoms with Gasteiger partial charge >= 0.3 is 0 Å². The van der Waals surface area contributed by atoms with Crippen molar-refractivity contribution >= 4 is 0 Å². The molecule has 6 heteroatoms. The molecule has 0 aliphatic rings. The Kier molecular flexibility index (Phi) is 4.69. The molecule has 1 aromatic heterocycles. The Hall–Kier alpha value is -1.79. The van der Waals surface area contributed by atoms with Crippen molar-refractivity contribution in [3.63, 3.8) is 0 Å². The zero-order valence-corrected chi connectivity index (χ0v) is 12.2. The van der Waals surface area contributed by atoms with Gasteiger partial charge in [0, 0.05) is 23.7 Å². The summed E-state index contributed by atoms with van der Waals surface area (Å²) in [6.45, 7) is 5.61. The summed E-state index contributed by atoms with van der Waals surface area (Å²) in [5.74, 6) is -0.515. The number of aryl methyl sites for hydroxylation is 2. The van der Waals surface area contributed by atoms with Gasteiger partial charge in [-0.25, -0.2) is 8.78 Å². The van der Waals surface area contributed by atoms with E-state index in [4.69, 9.17) is 4.52 Å². The molecule has 0 aliphatic heterocycles. The average Bonchev–Trinajstić information content (AvgIpc) is 2.78. The second kappa shape index (κ2) is 6.32. The lowest BCUT2D eigenvalue weighted by atomic mass is 10.1. The molecule has 0 fully saturated rings. The summed E-state index contributed by atoms with van der Waals surface area (Å²) < 4.78 is 31.8. The Balaban J connectivity index is 2.04. The van der Waals surface area contributed by atoms with Crippen LogP contribution in [-0.4, -0.2) is 16.8 Å². The van der Waals surface area contributed by atoms with Gasteiger partial charge in [-0.05, 0) is 39.0 Å². The highest BCUT2D eigenvalue weighted by molar-refractivity contribution is 5.25. The summed E-state index contributed by atoms with van der Waals surface area (Å²) in [4.78, 5) is 0. The third-order valence-corrected chi connectivity index (χ3v) is 3.46. The third-order valence-electron chi connectivity index (χ3n) is 3.46. The van der Waals surface area contributed by atoms with Crippen molar-refractivity contribution < 1.29 is 18.4 Å². The van der Waals surface area contributed by atoms with Crippen LogP contribution in [0.4, 0.5) is 8.78 Å². The average molecular weight is 296 g/mol. The molecule has 114 valence electrons. The first-order valence-corrected chi connectivity index (χ1v) is 6.69. The summed E-state index contributed by atoms with van der Waals surface area (Å²) in [6.07, 6.45) is -1.14. The van der Waals surface area contributed by atoms with E-state index in [1.165, 1.54) is 0 Å². The molecule has 1 heterocycles. The molecule has 2 atom stereocenters. The number of aromatic nitrogens is 1. The zero-order valence-electron chi connectivity index (χ0n) is 12.2. The fourth-order valence-corrected chi connectivity index (χ4v) is 2.38. The van der Waals surface area contributed by atoms with Gasteiger partial charge in [-0.1, -0.05) is 5.16 Å². The van der Waals surface area contributed by atoms with E-state index in [-0.39, 0.29) is 18.2 Å². The fourth-order valence-electron chi connectivity index (χ4n) is 2.38. The van der Waals surface area contributed by atoms with Gasteiger partial charge < -0.3 is 14.9 Å². The van der Waals surface area contributed by atoms with E-state index in [2.05, 4.69) is 10.5 Å². The monoisotopic (exact) mass is 296 g/mol. The van der Waals surface area contributed by atoms with Crippen LogP contribution >= 0.6 is 0 Å². The van der Waals surface area contributed by atoms with Crippen LogP contribution in [-0.2, 0) is 0 Å². The number of nitrogens with zero attached hydrogens (tertiary/aromatic N) is 1. The fraction of sp³-hybridized carbons (Fsp3) is 0.400. The second-order valence-electron chi connectivity index (χ2n) is 5.05. The molecule has 0 radical (unpaired) electrons. The third kappa shape index (κ3) is 3.46. The molecule has 0 bridgehead atoms. The van der Waals surface area contributed by atoms with Crippen LogP contribution in [0.15, 0.2) is 22.7 Å². The van der Waals surface area contributed by atoms with Crippen molar-refractivity contribution in [1.29, 1.82) is 0 Å². The molecule has 2 aromatic rings. The normalized spacial score (nSPS) is 14.2. The summed E-state index contributed by atoms with van der Waals surface area (Å²) in [6, 6.07) is 2.90. The van der Waals surface area contributed by atoms with Crippen LogP contribution in [0.2, 0.25) is 0 Å². The number of aliphatic hydroxyl groups excluding tert-OH is 1. The van der Waals surface area contributed by atoms with Gasteiger partial charge in [0.05, 0.1) is 11.8 Å². The van der Waals surface area contributed by atoms with Gasteiger partial charge in [0.15, 0.2) is 0 Å². The standard InChI is InChI=1S/C15H18F2N2O2/c1-8(15-9(2)19-21-10(15)3)18-7-14(20)12-6-11(16)4-5-13(12)17/h4-6,8,14,18,20H,7H2,1-3H3. The van der Waals surface area contributed by atoms with E-state index in [9.17, 15) is 13.9 Å². The number of nitrogens with one attached hydrogen (secondary N) is 1. The van der Waals surface area contributed by atoms with Gasteiger partial charge in [0.2, 0.25) is 0 Å². The topological polar surface area (TPSA) is 58.3 Å². The summed E-state index contributed by atoms with van der Waals surface area (Å²) in [7, 11) is 0. The van der Waals surface area contributed by atoms with Crippen molar-refractivity contribution in [3.8, 4) is 0 Å². The van der Waals surface area contributed by atoms with Gasteiger partial charge in [-0.15, -0.1) is 0 Å². The van der Waals surface area contributed by atoms with Crippen LogP contribution in [0, 0.1) is 25.5 Å².